The third kappa shape index (κ3) is 2.81. The van der Waals surface area contributed by atoms with Crippen LogP contribution in [0.2, 0.25) is 4.34 Å². The Kier molecular flexibility index (Phi) is 4.62. The van der Waals surface area contributed by atoms with Crippen LogP contribution in [0.3, 0.4) is 0 Å². The van der Waals surface area contributed by atoms with Gasteiger partial charge in [-0.15, -0.1) is 16.4 Å². The van der Waals surface area contributed by atoms with Crippen molar-refractivity contribution in [1.29, 1.82) is 0 Å². The van der Waals surface area contributed by atoms with Crippen molar-refractivity contribution >= 4 is 44.0 Å². The van der Waals surface area contributed by atoms with Crippen molar-refractivity contribution < 1.29 is 8.42 Å². The molecule has 11 heteroatoms. The number of fused-ring (bicyclic) bond motifs is 1. The lowest BCUT2D eigenvalue weighted by molar-refractivity contribution is 0.486. The molecule has 0 aromatic carbocycles. The van der Waals surface area contributed by atoms with Gasteiger partial charge in [0.25, 0.3) is 15.6 Å². The third-order valence-corrected chi connectivity index (χ3v) is 7.08. The second-order valence-corrected chi connectivity index (χ2v) is 10.1. The summed E-state index contributed by atoms with van der Waals surface area (Å²) in [6, 6.07) is 2.16. The summed E-state index contributed by atoms with van der Waals surface area (Å²) in [4.78, 5) is 25.5. The second kappa shape index (κ2) is 6.36. The average Bonchev–Trinajstić information content (AvgIpc) is 3.13. The van der Waals surface area contributed by atoms with E-state index in [2.05, 4.69) is 5.10 Å². The van der Waals surface area contributed by atoms with Crippen molar-refractivity contribution in [2.75, 3.05) is 0 Å². The molecule has 0 radical (unpaired) electrons. The van der Waals surface area contributed by atoms with Crippen LogP contribution in [0, 0.1) is 0 Å². The highest BCUT2D eigenvalue weighted by Crippen LogP contribution is 2.27. The van der Waals surface area contributed by atoms with Gasteiger partial charge >= 0.3 is 5.69 Å². The van der Waals surface area contributed by atoms with E-state index < -0.39 is 21.3 Å². The van der Waals surface area contributed by atoms with Crippen molar-refractivity contribution in [2.45, 2.75) is 44.0 Å². The SMILES string of the molecule is CC(C)n1c(=O)c2cn(S(=O)(=O)c3ccc(Cl)s3)nc2n(C(C)C)c1=O. The highest BCUT2D eigenvalue weighted by Gasteiger charge is 2.25. The summed E-state index contributed by atoms with van der Waals surface area (Å²) in [5.41, 5.74) is -1.05. The fraction of sp³-hybridized carbons (Fsp3) is 0.400. The maximum atomic E-state index is 12.8. The normalized spacial score (nSPS) is 12.6. The van der Waals surface area contributed by atoms with E-state index in [9.17, 15) is 18.0 Å². The molecule has 0 amide bonds. The maximum absolute atomic E-state index is 12.8. The molecule has 0 aliphatic carbocycles. The highest BCUT2D eigenvalue weighted by molar-refractivity contribution is 7.92. The molecule has 3 rings (SSSR count). The van der Waals surface area contributed by atoms with Gasteiger partial charge in [-0.1, -0.05) is 11.6 Å². The summed E-state index contributed by atoms with van der Waals surface area (Å²) in [6.07, 6.45) is 1.15. The molecule has 140 valence electrons. The van der Waals surface area contributed by atoms with Gasteiger partial charge in [-0.25, -0.2) is 4.79 Å². The van der Waals surface area contributed by atoms with E-state index in [1.165, 1.54) is 16.7 Å². The predicted molar refractivity (Wildman–Crippen MR) is 101 cm³/mol. The van der Waals surface area contributed by atoms with Crippen LogP contribution in [-0.2, 0) is 10.0 Å². The van der Waals surface area contributed by atoms with E-state index >= 15 is 0 Å². The molecular weight excluding hydrogens is 400 g/mol. The quantitative estimate of drug-likeness (QED) is 0.650. The van der Waals surface area contributed by atoms with Crippen LogP contribution < -0.4 is 11.2 Å². The lowest BCUT2D eigenvalue weighted by Crippen LogP contribution is -2.41. The van der Waals surface area contributed by atoms with Gasteiger partial charge in [0.05, 0.1) is 10.5 Å². The first-order chi connectivity index (χ1) is 12.1. The molecular formula is C15H17ClN4O4S2. The maximum Gasteiger partial charge on any atom is 0.333 e. The number of rotatable bonds is 4. The van der Waals surface area contributed by atoms with Crippen LogP contribution in [0.4, 0.5) is 0 Å². The Labute approximate surface area is 158 Å². The molecule has 0 aliphatic heterocycles. The van der Waals surface area contributed by atoms with Gasteiger partial charge in [-0.3, -0.25) is 13.9 Å². The smallest absolute Gasteiger partial charge is 0.273 e. The molecule has 0 aliphatic rings. The Morgan fingerprint density at radius 3 is 2.19 bits per heavy atom. The van der Waals surface area contributed by atoms with Crippen LogP contribution >= 0.6 is 22.9 Å². The zero-order valence-electron chi connectivity index (χ0n) is 14.5. The first-order valence-corrected chi connectivity index (χ1v) is 10.5. The van der Waals surface area contributed by atoms with Crippen LogP contribution in [0.5, 0.6) is 0 Å². The summed E-state index contributed by atoms with van der Waals surface area (Å²) in [6.45, 7) is 6.97. The summed E-state index contributed by atoms with van der Waals surface area (Å²) < 4.78 is 29.0. The second-order valence-electron chi connectivity index (χ2n) is 6.32. The summed E-state index contributed by atoms with van der Waals surface area (Å²) in [5.74, 6) is 0. The fourth-order valence-electron chi connectivity index (χ4n) is 2.67. The van der Waals surface area contributed by atoms with Gasteiger partial charge in [0, 0.05) is 12.1 Å². The first-order valence-electron chi connectivity index (χ1n) is 7.83. The molecule has 3 aromatic heterocycles. The van der Waals surface area contributed by atoms with Gasteiger partial charge in [0.1, 0.15) is 9.60 Å². The fourth-order valence-corrected chi connectivity index (χ4v) is 5.36. The van der Waals surface area contributed by atoms with Crippen molar-refractivity contribution in [2.24, 2.45) is 0 Å². The van der Waals surface area contributed by atoms with E-state index in [1.54, 1.807) is 27.7 Å². The Morgan fingerprint density at radius 2 is 1.69 bits per heavy atom. The molecule has 0 N–H and O–H groups in total. The molecule has 0 saturated heterocycles. The van der Waals surface area contributed by atoms with Crippen molar-refractivity contribution in [3.05, 3.63) is 43.5 Å². The molecule has 3 aromatic rings. The highest BCUT2D eigenvalue weighted by atomic mass is 35.5. The minimum absolute atomic E-state index is 0.00191. The van der Waals surface area contributed by atoms with Crippen molar-refractivity contribution in [3.8, 4) is 0 Å². The zero-order valence-corrected chi connectivity index (χ0v) is 16.9. The lowest BCUT2D eigenvalue weighted by Gasteiger charge is -2.15. The van der Waals surface area contributed by atoms with E-state index in [4.69, 9.17) is 11.6 Å². The van der Waals surface area contributed by atoms with E-state index in [0.29, 0.717) is 4.34 Å². The van der Waals surface area contributed by atoms with E-state index in [0.717, 1.165) is 26.2 Å². The lowest BCUT2D eigenvalue weighted by atomic mass is 10.3. The molecule has 3 heterocycles. The predicted octanol–water partition coefficient (Wildman–Crippen LogP) is 2.47. The molecule has 0 fully saturated rings. The minimum Gasteiger partial charge on any atom is -0.273 e. The number of aromatic nitrogens is 4. The van der Waals surface area contributed by atoms with E-state index in [-0.39, 0.29) is 27.3 Å². The van der Waals surface area contributed by atoms with Gasteiger partial charge in [-0.05, 0) is 39.8 Å². The number of nitrogens with zero attached hydrogens (tertiary/aromatic N) is 4. The Hall–Kier alpha value is -1.91. The molecule has 0 spiro atoms. The molecule has 8 nitrogen and oxygen atoms in total. The number of thiophene rings is 1. The number of hydrogen-bond acceptors (Lipinski definition) is 6. The van der Waals surface area contributed by atoms with Gasteiger partial charge in [-0.2, -0.15) is 12.5 Å². The van der Waals surface area contributed by atoms with Gasteiger partial charge in [0.2, 0.25) is 0 Å². The Bertz CT molecular complexity index is 1210. The van der Waals surface area contributed by atoms with Crippen LogP contribution in [0.15, 0.2) is 32.1 Å². The topological polar surface area (TPSA) is 96.0 Å². The standard InChI is InChI=1S/C15H17ClN4O4S2/c1-8(2)19-13-10(14(21)20(9(3)4)15(19)22)7-18(17-13)26(23,24)12-6-5-11(16)25-12/h5-9H,1-4H3. The monoisotopic (exact) mass is 416 g/mol. The summed E-state index contributed by atoms with van der Waals surface area (Å²) in [7, 11) is -4.01. The molecule has 0 atom stereocenters. The molecule has 0 bridgehead atoms. The van der Waals surface area contributed by atoms with Gasteiger partial charge in [0.15, 0.2) is 5.65 Å². The number of halogens is 1. The average molecular weight is 417 g/mol. The van der Waals surface area contributed by atoms with Crippen LogP contribution in [0.1, 0.15) is 39.8 Å². The largest absolute Gasteiger partial charge is 0.333 e. The van der Waals surface area contributed by atoms with Crippen molar-refractivity contribution in [3.63, 3.8) is 0 Å². The van der Waals surface area contributed by atoms with E-state index in [1.807, 2.05) is 0 Å². The first kappa shape index (κ1) is 18.9. The minimum atomic E-state index is -4.01. The molecule has 0 saturated carbocycles. The zero-order chi connectivity index (χ0) is 19.4. The van der Waals surface area contributed by atoms with Crippen LogP contribution in [-0.4, -0.2) is 26.7 Å². The Balaban J connectivity index is 2.40. The van der Waals surface area contributed by atoms with Crippen LogP contribution in [0.25, 0.3) is 11.0 Å². The van der Waals surface area contributed by atoms with Crippen molar-refractivity contribution in [1.82, 2.24) is 18.3 Å². The molecule has 26 heavy (non-hydrogen) atoms. The third-order valence-electron chi connectivity index (χ3n) is 3.85. The number of hydrogen-bond donors (Lipinski definition) is 0. The molecule has 0 unspecified atom stereocenters. The van der Waals surface area contributed by atoms with Gasteiger partial charge < -0.3 is 0 Å². The summed E-state index contributed by atoms with van der Waals surface area (Å²) >= 11 is 6.72. The Morgan fingerprint density at radius 1 is 1.08 bits per heavy atom. The summed E-state index contributed by atoms with van der Waals surface area (Å²) in [5, 5.41) is 4.12.